The summed E-state index contributed by atoms with van der Waals surface area (Å²) in [4.78, 5) is 47.8. The van der Waals surface area contributed by atoms with Crippen LogP contribution in [0.2, 0.25) is 0 Å². The molecule has 1 aliphatic rings. The monoisotopic (exact) mass is 497 g/mol. The molecule has 2 aromatic rings. The van der Waals surface area contributed by atoms with Gasteiger partial charge in [0.2, 0.25) is 11.8 Å². The smallest absolute Gasteiger partial charge is 0.426 e. The predicted octanol–water partition coefficient (Wildman–Crippen LogP) is -0.266. The lowest BCUT2D eigenvalue weighted by molar-refractivity contribution is -0.135. The molecule has 0 saturated carbocycles. The van der Waals surface area contributed by atoms with Crippen LogP contribution in [0.4, 0.5) is 0 Å². The molecule has 12 heteroatoms. The first kappa shape index (κ1) is 27.2. The average molecular weight is 497 g/mol. The number of morpholine rings is 1. The minimum atomic E-state index is -1.78. The zero-order valence-electron chi connectivity index (χ0n) is 20.1. The first-order valence-corrected chi connectivity index (χ1v) is 12.1. The Hall–Kier alpha value is -3.35. The van der Waals surface area contributed by atoms with Gasteiger partial charge in [-0.05, 0) is 31.2 Å². The second kappa shape index (κ2) is 14.3. The Morgan fingerprint density at radius 1 is 1.06 bits per heavy atom. The van der Waals surface area contributed by atoms with Crippen LogP contribution < -0.4 is 10.6 Å². The number of aromatic nitrogens is 2. The van der Waals surface area contributed by atoms with Gasteiger partial charge in [-0.25, -0.2) is 4.98 Å². The molecule has 4 N–H and O–H groups in total. The number of ether oxygens (including phenoxy) is 1. The van der Waals surface area contributed by atoms with E-state index in [1.807, 2.05) is 30.3 Å². The molecule has 0 radical (unpaired) electrons. The van der Waals surface area contributed by atoms with Crippen LogP contribution in [0.15, 0.2) is 48.9 Å². The fourth-order valence-electron chi connectivity index (χ4n) is 3.91. The molecule has 1 aromatic carbocycles. The van der Waals surface area contributed by atoms with Crippen LogP contribution in [0.3, 0.4) is 0 Å². The van der Waals surface area contributed by atoms with Gasteiger partial charge in [-0.1, -0.05) is 30.3 Å². The van der Waals surface area contributed by atoms with E-state index < -0.39 is 30.9 Å². The van der Waals surface area contributed by atoms with E-state index in [2.05, 4.69) is 20.6 Å². The molecule has 192 valence electrons. The summed E-state index contributed by atoms with van der Waals surface area (Å²) in [5.41, 5.74) is 1.13. The largest absolute Gasteiger partial charge is 0.475 e. The van der Waals surface area contributed by atoms with Crippen LogP contribution in [0.25, 0.3) is 0 Å². The number of amides is 3. The zero-order valence-corrected chi connectivity index (χ0v) is 20.1. The van der Waals surface area contributed by atoms with Crippen molar-refractivity contribution in [1.29, 1.82) is 0 Å². The summed E-state index contributed by atoms with van der Waals surface area (Å²) in [6.07, 6.45) is 5.75. The normalized spacial score (nSPS) is 15.0. The zero-order chi connectivity index (χ0) is 25.8. The van der Waals surface area contributed by atoms with Crippen molar-refractivity contribution in [1.82, 2.24) is 25.5 Å². The van der Waals surface area contributed by atoms with Crippen molar-refractivity contribution in [3.63, 3.8) is 0 Å². The average Bonchev–Trinajstić information content (AvgIpc) is 2.91. The van der Waals surface area contributed by atoms with Crippen molar-refractivity contribution < 1.29 is 29.2 Å². The van der Waals surface area contributed by atoms with Gasteiger partial charge in [-0.3, -0.25) is 19.4 Å². The summed E-state index contributed by atoms with van der Waals surface area (Å²) in [5.74, 6) is -2.31. The van der Waals surface area contributed by atoms with Crippen LogP contribution in [-0.4, -0.2) is 88.0 Å². The summed E-state index contributed by atoms with van der Waals surface area (Å²) in [6.45, 7) is 1.86. The molecule has 1 aromatic heterocycles. The highest BCUT2D eigenvalue weighted by Crippen LogP contribution is 2.10. The number of aryl methyl sites for hydroxylation is 1. The van der Waals surface area contributed by atoms with Crippen molar-refractivity contribution in [3.8, 4) is 0 Å². The van der Waals surface area contributed by atoms with E-state index in [1.165, 1.54) is 18.6 Å². The number of nitrogens with zero attached hydrogens (tertiary/aromatic N) is 3. The Bertz CT molecular complexity index is 975. The highest BCUT2D eigenvalue weighted by molar-refractivity contribution is 6.43. The maximum absolute atomic E-state index is 13.1. The quantitative estimate of drug-likeness (QED) is 0.293. The molecule has 2 atom stereocenters. The second-order valence-electron chi connectivity index (χ2n) is 8.56. The van der Waals surface area contributed by atoms with Crippen LogP contribution in [0.1, 0.15) is 41.7 Å². The SMILES string of the molecule is O=C(NC(CCC(=O)N1CCOCC1)C(=O)NC(CCCc1ccccc1)B(O)O)c1cnccn1. The van der Waals surface area contributed by atoms with Gasteiger partial charge in [0.05, 0.1) is 25.4 Å². The molecule has 2 heterocycles. The van der Waals surface area contributed by atoms with Crippen LogP contribution in [0, 0.1) is 0 Å². The number of rotatable bonds is 12. The highest BCUT2D eigenvalue weighted by atomic mass is 16.5. The maximum Gasteiger partial charge on any atom is 0.475 e. The van der Waals surface area contributed by atoms with Crippen LogP contribution >= 0.6 is 0 Å². The lowest BCUT2D eigenvalue weighted by Gasteiger charge is -2.28. The number of carbonyl (C=O) groups is 3. The number of hydrogen-bond donors (Lipinski definition) is 4. The molecule has 2 unspecified atom stereocenters. The van der Waals surface area contributed by atoms with Gasteiger partial charge in [0, 0.05) is 31.9 Å². The van der Waals surface area contributed by atoms with Crippen molar-refractivity contribution in [2.24, 2.45) is 0 Å². The molecule has 36 heavy (non-hydrogen) atoms. The summed E-state index contributed by atoms with van der Waals surface area (Å²) >= 11 is 0. The summed E-state index contributed by atoms with van der Waals surface area (Å²) in [5, 5.41) is 24.9. The van der Waals surface area contributed by atoms with Gasteiger partial charge < -0.3 is 30.3 Å². The van der Waals surface area contributed by atoms with Gasteiger partial charge in [0.25, 0.3) is 5.91 Å². The van der Waals surface area contributed by atoms with E-state index in [4.69, 9.17) is 4.74 Å². The Labute approximate surface area is 210 Å². The summed E-state index contributed by atoms with van der Waals surface area (Å²) in [7, 11) is -1.78. The molecule has 1 aliphatic heterocycles. The summed E-state index contributed by atoms with van der Waals surface area (Å²) < 4.78 is 5.27. The minimum Gasteiger partial charge on any atom is -0.426 e. The van der Waals surface area contributed by atoms with Crippen molar-refractivity contribution >= 4 is 24.8 Å². The predicted molar refractivity (Wildman–Crippen MR) is 131 cm³/mol. The molecule has 1 fully saturated rings. The molecular weight excluding hydrogens is 465 g/mol. The lowest BCUT2D eigenvalue weighted by atomic mass is 9.76. The third-order valence-electron chi connectivity index (χ3n) is 5.94. The Morgan fingerprint density at radius 2 is 1.81 bits per heavy atom. The first-order valence-electron chi connectivity index (χ1n) is 12.1. The molecule has 0 bridgehead atoms. The number of hydrogen-bond acceptors (Lipinski definition) is 8. The lowest BCUT2D eigenvalue weighted by Crippen LogP contribution is -2.54. The molecule has 0 aliphatic carbocycles. The Kier molecular flexibility index (Phi) is 10.8. The Balaban J connectivity index is 1.62. The van der Waals surface area contributed by atoms with Gasteiger partial charge >= 0.3 is 7.12 Å². The van der Waals surface area contributed by atoms with Gasteiger partial charge in [-0.15, -0.1) is 0 Å². The maximum atomic E-state index is 13.1. The molecular formula is C24H32BN5O6. The van der Waals surface area contributed by atoms with Gasteiger partial charge in [-0.2, -0.15) is 0 Å². The van der Waals surface area contributed by atoms with Crippen LogP contribution in [0.5, 0.6) is 0 Å². The van der Waals surface area contributed by atoms with Crippen molar-refractivity contribution in [3.05, 3.63) is 60.2 Å². The van der Waals surface area contributed by atoms with Crippen LogP contribution in [-0.2, 0) is 20.7 Å². The molecule has 3 rings (SSSR count). The minimum absolute atomic E-state index is 0.0245. The van der Waals surface area contributed by atoms with E-state index in [0.717, 1.165) is 5.56 Å². The molecule has 3 amide bonds. The number of nitrogens with one attached hydrogen (secondary N) is 2. The standard InChI is InChI=1S/C24H32BN5O6/c31-22(30-13-15-36-16-14-30)10-9-19(28-24(33)20-17-26-11-12-27-20)23(32)29-21(25(34)35)8-4-7-18-5-2-1-3-6-18/h1-3,5-6,11-12,17,19,21,34-35H,4,7-10,13-16H2,(H,28,33)(H,29,32). The summed E-state index contributed by atoms with van der Waals surface area (Å²) in [6, 6.07) is 8.65. The van der Waals surface area contributed by atoms with Crippen molar-refractivity contribution in [2.45, 2.75) is 44.1 Å². The van der Waals surface area contributed by atoms with E-state index in [-0.39, 0.29) is 24.4 Å². The number of carbonyl (C=O) groups excluding carboxylic acids is 3. The van der Waals surface area contributed by atoms with Gasteiger partial charge in [0.1, 0.15) is 11.7 Å². The fourth-order valence-corrected chi connectivity index (χ4v) is 3.91. The molecule has 1 saturated heterocycles. The van der Waals surface area contributed by atoms with E-state index in [9.17, 15) is 24.4 Å². The van der Waals surface area contributed by atoms with Gasteiger partial charge in [0.15, 0.2) is 0 Å². The third kappa shape index (κ3) is 8.70. The third-order valence-corrected chi connectivity index (χ3v) is 5.94. The topological polar surface area (TPSA) is 154 Å². The highest BCUT2D eigenvalue weighted by Gasteiger charge is 2.30. The molecule has 0 spiro atoms. The fraction of sp³-hybridized carbons (Fsp3) is 0.458. The van der Waals surface area contributed by atoms with Crippen molar-refractivity contribution in [2.75, 3.05) is 26.3 Å². The van der Waals surface area contributed by atoms with E-state index in [1.54, 1.807) is 4.90 Å². The number of benzene rings is 1. The first-order chi connectivity index (χ1) is 17.4. The van der Waals surface area contributed by atoms with E-state index >= 15 is 0 Å². The second-order valence-corrected chi connectivity index (χ2v) is 8.56. The Morgan fingerprint density at radius 3 is 2.47 bits per heavy atom. The van der Waals surface area contributed by atoms with E-state index in [0.29, 0.717) is 45.6 Å². The molecule has 11 nitrogen and oxygen atoms in total.